The van der Waals surface area contributed by atoms with E-state index in [2.05, 4.69) is 10.6 Å². The van der Waals surface area contributed by atoms with Crippen molar-refractivity contribution < 1.29 is 19.4 Å². The van der Waals surface area contributed by atoms with Gasteiger partial charge in [0.1, 0.15) is 17.2 Å². The number of urea groups is 1. The zero-order chi connectivity index (χ0) is 20.8. The first-order chi connectivity index (χ1) is 13.9. The first-order valence-corrected chi connectivity index (χ1v) is 8.92. The van der Waals surface area contributed by atoms with Crippen LogP contribution in [0.2, 0.25) is 0 Å². The van der Waals surface area contributed by atoms with Gasteiger partial charge in [0.2, 0.25) is 0 Å². The molecule has 0 aliphatic carbocycles. The number of nitrogens with two attached hydrogens (primary N) is 1. The van der Waals surface area contributed by atoms with E-state index in [1.54, 1.807) is 60.7 Å². The third kappa shape index (κ3) is 5.26. The van der Waals surface area contributed by atoms with Crippen LogP contribution < -0.4 is 21.1 Å². The molecule has 0 radical (unpaired) electrons. The maximum Gasteiger partial charge on any atom is 0.319 e. The van der Waals surface area contributed by atoms with Crippen LogP contribution in [0.5, 0.6) is 17.2 Å². The summed E-state index contributed by atoms with van der Waals surface area (Å²) < 4.78 is 5.70. The van der Waals surface area contributed by atoms with Gasteiger partial charge in [-0.05, 0) is 49.4 Å². The van der Waals surface area contributed by atoms with Gasteiger partial charge in [0, 0.05) is 17.8 Å². The minimum Gasteiger partial charge on any atom is -0.508 e. The van der Waals surface area contributed by atoms with Gasteiger partial charge in [0.15, 0.2) is 0 Å². The van der Waals surface area contributed by atoms with Crippen LogP contribution in [0.15, 0.2) is 66.7 Å². The molecular weight excluding hydrogens is 370 g/mol. The molecule has 0 spiro atoms. The molecule has 3 amide bonds. The monoisotopic (exact) mass is 391 g/mol. The Balaban J connectivity index is 1.58. The number of carbonyl (C=O) groups is 2. The highest BCUT2D eigenvalue weighted by Crippen LogP contribution is 2.26. The fourth-order valence-electron chi connectivity index (χ4n) is 2.70. The van der Waals surface area contributed by atoms with Crippen molar-refractivity contribution in [3.63, 3.8) is 0 Å². The third-order valence-electron chi connectivity index (χ3n) is 4.17. The van der Waals surface area contributed by atoms with E-state index in [0.29, 0.717) is 22.7 Å². The lowest BCUT2D eigenvalue weighted by Crippen LogP contribution is -2.28. The van der Waals surface area contributed by atoms with Crippen molar-refractivity contribution in [2.75, 3.05) is 5.32 Å². The Morgan fingerprint density at radius 1 is 1.03 bits per heavy atom. The number of ether oxygens (including phenoxy) is 1. The number of primary amides is 1. The summed E-state index contributed by atoms with van der Waals surface area (Å²) in [5, 5.41) is 15.2. The highest BCUT2D eigenvalue weighted by Gasteiger charge is 2.10. The Bertz CT molecular complexity index is 1030. The van der Waals surface area contributed by atoms with Crippen molar-refractivity contribution in [1.82, 2.24) is 5.32 Å². The van der Waals surface area contributed by atoms with Gasteiger partial charge in [-0.2, -0.15) is 0 Å². The first kappa shape index (κ1) is 19.8. The number of phenolic OH excluding ortho intramolecular Hbond substituents is 1. The maximum absolute atomic E-state index is 12.1. The van der Waals surface area contributed by atoms with E-state index in [-0.39, 0.29) is 17.9 Å². The van der Waals surface area contributed by atoms with Crippen molar-refractivity contribution in [2.45, 2.75) is 13.5 Å². The number of phenols is 1. The Hall–Kier alpha value is -4.00. The maximum atomic E-state index is 12.1. The fraction of sp³-hybridized carbons (Fsp3) is 0.0909. The van der Waals surface area contributed by atoms with E-state index < -0.39 is 11.9 Å². The molecule has 148 valence electrons. The number of aryl methyl sites for hydroxylation is 1. The second kappa shape index (κ2) is 8.79. The van der Waals surface area contributed by atoms with Gasteiger partial charge in [-0.15, -0.1) is 0 Å². The van der Waals surface area contributed by atoms with Gasteiger partial charge >= 0.3 is 6.03 Å². The number of benzene rings is 3. The van der Waals surface area contributed by atoms with Crippen molar-refractivity contribution in [1.29, 1.82) is 0 Å². The summed E-state index contributed by atoms with van der Waals surface area (Å²) in [4.78, 5) is 23.6. The van der Waals surface area contributed by atoms with Crippen LogP contribution in [0.25, 0.3) is 0 Å². The van der Waals surface area contributed by atoms with Crippen molar-refractivity contribution in [2.24, 2.45) is 5.73 Å². The zero-order valence-corrected chi connectivity index (χ0v) is 15.8. The van der Waals surface area contributed by atoms with E-state index in [9.17, 15) is 14.7 Å². The molecule has 0 bridgehead atoms. The number of hydrogen-bond donors (Lipinski definition) is 4. The van der Waals surface area contributed by atoms with Crippen LogP contribution in [-0.2, 0) is 6.54 Å². The fourth-order valence-corrected chi connectivity index (χ4v) is 2.70. The molecule has 0 aromatic heterocycles. The number of aromatic hydroxyl groups is 1. The standard InChI is InChI=1S/C22H21N3O4/c1-14-6-11-19(26)15(12-14)13-24-22(28)25-16-7-9-17(10-8-16)29-20-5-3-2-4-18(20)21(23)27/h2-12,26H,13H2,1H3,(H2,23,27)(H2,24,25,28). The molecule has 29 heavy (non-hydrogen) atoms. The van der Waals surface area contributed by atoms with Crippen molar-refractivity contribution >= 4 is 17.6 Å². The highest BCUT2D eigenvalue weighted by molar-refractivity contribution is 5.95. The third-order valence-corrected chi connectivity index (χ3v) is 4.17. The predicted octanol–water partition coefficient (Wildman–Crippen LogP) is 3.91. The van der Waals surface area contributed by atoms with Gasteiger partial charge < -0.3 is 26.2 Å². The second-order valence-corrected chi connectivity index (χ2v) is 6.43. The summed E-state index contributed by atoms with van der Waals surface area (Å²) in [5.74, 6) is 0.412. The number of carbonyl (C=O) groups excluding carboxylic acids is 2. The molecular formula is C22H21N3O4. The van der Waals surface area contributed by atoms with Gasteiger partial charge in [-0.3, -0.25) is 4.79 Å². The molecule has 0 atom stereocenters. The van der Waals surface area contributed by atoms with Crippen LogP contribution in [0.4, 0.5) is 10.5 Å². The summed E-state index contributed by atoms with van der Waals surface area (Å²) in [6.45, 7) is 2.11. The van der Waals surface area contributed by atoms with E-state index in [1.807, 2.05) is 13.0 Å². The number of hydrogen-bond acceptors (Lipinski definition) is 4. The molecule has 0 heterocycles. The Kier molecular flexibility index (Phi) is 5.99. The lowest BCUT2D eigenvalue weighted by atomic mass is 10.1. The average molecular weight is 391 g/mol. The second-order valence-electron chi connectivity index (χ2n) is 6.43. The SMILES string of the molecule is Cc1ccc(O)c(CNC(=O)Nc2ccc(Oc3ccccc3C(N)=O)cc2)c1. The molecule has 0 saturated carbocycles. The topological polar surface area (TPSA) is 114 Å². The molecule has 3 aromatic rings. The normalized spacial score (nSPS) is 10.2. The molecule has 0 aliphatic heterocycles. The molecule has 0 unspecified atom stereocenters. The Labute approximate surface area is 168 Å². The van der Waals surface area contributed by atoms with Crippen LogP contribution in [-0.4, -0.2) is 17.0 Å². The van der Waals surface area contributed by atoms with E-state index in [4.69, 9.17) is 10.5 Å². The smallest absolute Gasteiger partial charge is 0.319 e. The van der Waals surface area contributed by atoms with Crippen LogP contribution in [0.1, 0.15) is 21.5 Å². The number of anilines is 1. The van der Waals surface area contributed by atoms with Crippen LogP contribution in [0.3, 0.4) is 0 Å². The molecule has 3 rings (SSSR count). The predicted molar refractivity (Wildman–Crippen MR) is 110 cm³/mol. The number of nitrogens with one attached hydrogen (secondary N) is 2. The molecule has 7 heteroatoms. The largest absolute Gasteiger partial charge is 0.508 e. The van der Waals surface area contributed by atoms with Crippen LogP contribution >= 0.6 is 0 Å². The summed E-state index contributed by atoms with van der Waals surface area (Å²) in [7, 11) is 0. The van der Waals surface area contributed by atoms with Gasteiger partial charge in [0.25, 0.3) is 5.91 Å². The Morgan fingerprint density at radius 3 is 2.48 bits per heavy atom. The lowest BCUT2D eigenvalue weighted by molar-refractivity contribution is 0.0998. The van der Waals surface area contributed by atoms with Crippen molar-refractivity contribution in [3.8, 4) is 17.2 Å². The summed E-state index contributed by atoms with van der Waals surface area (Å²) >= 11 is 0. The molecule has 0 saturated heterocycles. The molecule has 7 nitrogen and oxygen atoms in total. The van der Waals surface area contributed by atoms with Gasteiger partial charge in [-0.25, -0.2) is 4.79 Å². The van der Waals surface area contributed by atoms with E-state index in [1.165, 1.54) is 0 Å². The van der Waals surface area contributed by atoms with E-state index >= 15 is 0 Å². The molecule has 5 N–H and O–H groups in total. The van der Waals surface area contributed by atoms with Gasteiger partial charge in [-0.1, -0.05) is 29.8 Å². The van der Waals surface area contributed by atoms with E-state index in [0.717, 1.165) is 5.56 Å². The highest BCUT2D eigenvalue weighted by atomic mass is 16.5. The number of amides is 3. The summed E-state index contributed by atoms with van der Waals surface area (Å²) in [6.07, 6.45) is 0. The average Bonchev–Trinajstić information content (AvgIpc) is 2.70. The molecule has 0 aliphatic rings. The summed E-state index contributed by atoms with van der Waals surface area (Å²) in [5.41, 5.74) is 7.82. The minimum atomic E-state index is -0.574. The first-order valence-electron chi connectivity index (χ1n) is 8.92. The molecule has 0 fully saturated rings. The molecule has 3 aromatic carbocycles. The number of rotatable bonds is 6. The van der Waals surface area contributed by atoms with Gasteiger partial charge in [0.05, 0.1) is 5.56 Å². The lowest BCUT2D eigenvalue weighted by Gasteiger charge is -2.11. The van der Waals surface area contributed by atoms with Crippen LogP contribution in [0, 0.1) is 6.92 Å². The summed E-state index contributed by atoms with van der Waals surface area (Å²) in [6, 6.07) is 18.2. The number of para-hydroxylation sites is 1. The van der Waals surface area contributed by atoms with Crippen molar-refractivity contribution in [3.05, 3.63) is 83.4 Å². The minimum absolute atomic E-state index is 0.133. The quantitative estimate of drug-likeness (QED) is 0.510. The Morgan fingerprint density at radius 2 is 1.76 bits per heavy atom. The zero-order valence-electron chi connectivity index (χ0n) is 15.8.